The number of hydrogen-bond donors (Lipinski definition) is 3. The van der Waals surface area contributed by atoms with E-state index in [4.69, 9.17) is 0 Å². The first kappa shape index (κ1) is 18.7. The van der Waals surface area contributed by atoms with Gasteiger partial charge in [-0.3, -0.25) is 0 Å². The lowest BCUT2D eigenvalue weighted by atomic mass is 9.94. The van der Waals surface area contributed by atoms with E-state index in [1.54, 1.807) is 6.07 Å². The fourth-order valence-corrected chi connectivity index (χ4v) is 3.21. The van der Waals surface area contributed by atoms with E-state index in [1.807, 2.05) is 0 Å². The van der Waals surface area contributed by atoms with E-state index in [2.05, 4.69) is 20.1 Å². The molecule has 1 aliphatic rings. The number of ether oxygens (including phenoxy) is 1. The van der Waals surface area contributed by atoms with E-state index >= 15 is 0 Å². The molecular weight excluding hydrogens is 377 g/mol. The first-order chi connectivity index (χ1) is 13.4. The SMILES string of the molecule is OC[C@H](O)c1ccnc2c1c(C1CNC1)nn2-c1ccc(OC(F)(F)F)cc1. The molecule has 0 spiro atoms. The first-order valence-corrected chi connectivity index (χ1v) is 8.60. The monoisotopic (exact) mass is 394 g/mol. The van der Waals surface area contributed by atoms with Crippen LogP contribution in [0, 0.1) is 0 Å². The number of hydrogen-bond acceptors (Lipinski definition) is 6. The Balaban J connectivity index is 1.81. The highest BCUT2D eigenvalue weighted by atomic mass is 19.4. The minimum atomic E-state index is -4.76. The molecule has 1 fully saturated rings. The summed E-state index contributed by atoms with van der Waals surface area (Å²) in [5, 5.41) is 28.0. The van der Waals surface area contributed by atoms with Crippen LogP contribution in [0.25, 0.3) is 16.7 Å². The van der Waals surface area contributed by atoms with Crippen molar-refractivity contribution in [1.82, 2.24) is 20.1 Å². The molecule has 3 aromatic rings. The summed E-state index contributed by atoms with van der Waals surface area (Å²) in [6.45, 7) is 0.984. The second-order valence-corrected chi connectivity index (χ2v) is 6.49. The molecule has 0 unspecified atom stereocenters. The Morgan fingerprint density at radius 1 is 1.21 bits per heavy atom. The van der Waals surface area contributed by atoms with Gasteiger partial charge in [-0.25, -0.2) is 9.67 Å². The van der Waals surface area contributed by atoms with Crippen molar-refractivity contribution in [1.29, 1.82) is 0 Å². The summed E-state index contributed by atoms with van der Waals surface area (Å²) in [7, 11) is 0. The fourth-order valence-electron chi connectivity index (χ4n) is 3.21. The van der Waals surface area contributed by atoms with Gasteiger partial charge >= 0.3 is 6.36 Å². The van der Waals surface area contributed by atoms with Gasteiger partial charge in [-0.05, 0) is 35.9 Å². The third-order valence-electron chi connectivity index (χ3n) is 4.64. The highest BCUT2D eigenvalue weighted by Crippen LogP contribution is 2.33. The summed E-state index contributed by atoms with van der Waals surface area (Å²) in [4.78, 5) is 4.35. The van der Waals surface area contributed by atoms with Gasteiger partial charge in [0.05, 0.1) is 18.0 Å². The number of aliphatic hydroxyl groups excluding tert-OH is 2. The number of rotatable bonds is 5. The number of benzene rings is 1. The van der Waals surface area contributed by atoms with Crippen molar-refractivity contribution in [2.45, 2.75) is 18.4 Å². The minimum Gasteiger partial charge on any atom is -0.406 e. The molecule has 3 N–H and O–H groups in total. The minimum absolute atomic E-state index is 0.116. The van der Waals surface area contributed by atoms with Crippen molar-refractivity contribution >= 4 is 11.0 Å². The summed E-state index contributed by atoms with van der Waals surface area (Å²) in [6, 6.07) is 6.94. The van der Waals surface area contributed by atoms with Crippen LogP contribution in [-0.4, -0.2) is 51.0 Å². The Morgan fingerprint density at radius 2 is 1.93 bits per heavy atom. The number of pyridine rings is 1. The Morgan fingerprint density at radius 3 is 2.50 bits per heavy atom. The Labute approximate surface area is 157 Å². The molecule has 0 aliphatic carbocycles. The van der Waals surface area contributed by atoms with Gasteiger partial charge in [0.25, 0.3) is 0 Å². The van der Waals surface area contributed by atoms with Crippen LogP contribution in [-0.2, 0) is 0 Å². The van der Waals surface area contributed by atoms with Crippen molar-refractivity contribution in [3.05, 3.63) is 47.8 Å². The molecule has 2 aromatic heterocycles. The molecule has 0 amide bonds. The quantitative estimate of drug-likeness (QED) is 0.613. The maximum atomic E-state index is 12.4. The third kappa shape index (κ3) is 3.41. The Hall–Kier alpha value is -2.69. The van der Waals surface area contributed by atoms with E-state index in [0.717, 1.165) is 5.69 Å². The van der Waals surface area contributed by atoms with Crippen molar-refractivity contribution in [2.75, 3.05) is 19.7 Å². The van der Waals surface area contributed by atoms with Crippen LogP contribution in [0.1, 0.15) is 23.3 Å². The van der Waals surface area contributed by atoms with Crippen LogP contribution in [0.2, 0.25) is 0 Å². The second-order valence-electron chi connectivity index (χ2n) is 6.49. The normalized spacial score (nSPS) is 16.2. The lowest BCUT2D eigenvalue weighted by molar-refractivity contribution is -0.274. The lowest BCUT2D eigenvalue weighted by Crippen LogP contribution is -2.40. The third-order valence-corrected chi connectivity index (χ3v) is 4.64. The molecule has 0 radical (unpaired) electrons. The van der Waals surface area contributed by atoms with Crippen LogP contribution in [0.5, 0.6) is 5.75 Å². The van der Waals surface area contributed by atoms with Crippen molar-refractivity contribution in [2.24, 2.45) is 0 Å². The zero-order valence-electron chi connectivity index (χ0n) is 14.5. The van der Waals surface area contributed by atoms with Gasteiger partial charge in [0.2, 0.25) is 0 Å². The molecule has 7 nitrogen and oxygen atoms in total. The van der Waals surface area contributed by atoms with Gasteiger partial charge in [-0.1, -0.05) is 0 Å². The summed E-state index contributed by atoms with van der Waals surface area (Å²) in [6.07, 6.45) is -4.35. The highest BCUT2D eigenvalue weighted by molar-refractivity contribution is 5.84. The zero-order chi connectivity index (χ0) is 19.9. The van der Waals surface area contributed by atoms with Crippen LogP contribution in [0.4, 0.5) is 13.2 Å². The molecule has 0 saturated carbocycles. The topological polar surface area (TPSA) is 92.4 Å². The largest absolute Gasteiger partial charge is 0.573 e. The molecule has 0 bridgehead atoms. The Kier molecular flexibility index (Phi) is 4.69. The average molecular weight is 394 g/mol. The predicted molar refractivity (Wildman–Crippen MR) is 93.2 cm³/mol. The van der Waals surface area contributed by atoms with Gasteiger partial charge in [0, 0.05) is 30.6 Å². The number of aliphatic hydroxyl groups is 2. The van der Waals surface area contributed by atoms with Crippen molar-refractivity contribution < 1.29 is 28.1 Å². The van der Waals surface area contributed by atoms with Gasteiger partial charge in [0.1, 0.15) is 11.9 Å². The number of halogens is 3. The first-order valence-electron chi connectivity index (χ1n) is 8.60. The number of fused-ring (bicyclic) bond motifs is 1. The van der Waals surface area contributed by atoms with Gasteiger partial charge in [-0.15, -0.1) is 13.2 Å². The van der Waals surface area contributed by atoms with E-state index in [9.17, 15) is 23.4 Å². The molecule has 10 heteroatoms. The second kappa shape index (κ2) is 7.04. The molecule has 28 heavy (non-hydrogen) atoms. The predicted octanol–water partition coefficient (Wildman–Crippen LogP) is 2.03. The smallest absolute Gasteiger partial charge is 0.406 e. The molecule has 1 saturated heterocycles. The van der Waals surface area contributed by atoms with Gasteiger partial charge in [0.15, 0.2) is 5.65 Å². The van der Waals surface area contributed by atoms with E-state index in [0.29, 0.717) is 35.4 Å². The van der Waals surface area contributed by atoms with Crippen molar-refractivity contribution in [3.8, 4) is 11.4 Å². The number of alkyl halides is 3. The molecule has 148 valence electrons. The molecule has 1 aromatic carbocycles. The molecule has 1 atom stereocenters. The van der Waals surface area contributed by atoms with Crippen LogP contribution in [0.15, 0.2) is 36.5 Å². The molecular formula is C18H17F3N4O3. The lowest BCUT2D eigenvalue weighted by Gasteiger charge is -2.26. The maximum absolute atomic E-state index is 12.4. The maximum Gasteiger partial charge on any atom is 0.573 e. The molecule has 3 heterocycles. The number of aromatic nitrogens is 3. The standard InChI is InChI=1S/C18H17F3N4O3/c19-18(20,21)28-12-3-1-11(2-4-12)25-17-15(16(24-25)10-7-22-8-10)13(5-6-23-17)14(27)9-26/h1-6,10,14,22,26-27H,7-9H2/t14-/m0/s1. The molecule has 4 rings (SSSR count). The van der Waals surface area contributed by atoms with Gasteiger partial charge in [-0.2, -0.15) is 5.10 Å². The summed E-state index contributed by atoms with van der Waals surface area (Å²) in [5.74, 6) is -0.217. The van der Waals surface area contributed by atoms with E-state index in [1.165, 1.54) is 35.1 Å². The number of nitrogens with one attached hydrogen (secondary N) is 1. The summed E-state index contributed by atoms with van der Waals surface area (Å²) < 4.78 is 42.5. The zero-order valence-corrected chi connectivity index (χ0v) is 14.5. The Bertz CT molecular complexity index is 984. The van der Waals surface area contributed by atoms with Gasteiger partial charge < -0.3 is 20.3 Å². The van der Waals surface area contributed by atoms with E-state index < -0.39 is 19.1 Å². The van der Waals surface area contributed by atoms with E-state index in [-0.39, 0.29) is 11.7 Å². The van der Waals surface area contributed by atoms with Crippen LogP contribution < -0.4 is 10.1 Å². The van der Waals surface area contributed by atoms with Crippen LogP contribution in [0.3, 0.4) is 0 Å². The van der Waals surface area contributed by atoms with Crippen LogP contribution >= 0.6 is 0 Å². The fraction of sp³-hybridized carbons (Fsp3) is 0.333. The summed E-state index contributed by atoms with van der Waals surface area (Å²) in [5.41, 5.74) is 2.19. The average Bonchev–Trinajstić information content (AvgIpc) is 2.98. The highest BCUT2D eigenvalue weighted by Gasteiger charge is 2.31. The summed E-state index contributed by atoms with van der Waals surface area (Å²) >= 11 is 0. The number of nitrogens with zero attached hydrogens (tertiary/aromatic N) is 3. The van der Waals surface area contributed by atoms with Crippen molar-refractivity contribution in [3.63, 3.8) is 0 Å². The molecule has 1 aliphatic heterocycles.